The number of nitrogens with zero attached hydrogens (tertiary/aromatic N) is 3. The van der Waals surface area contributed by atoms with Crippen LogP contribution in [0.25, 0.3) is 5.69 Å². The van der Waals surface area contributed by atoms with Gasteiger partial charge in [0.1, 0.15) is 0 Å². The molecule has 0 aliphatic rings. The van der Waals surface area contributed by atoms with Gasteiger partial charge in [0, 0.05) is 0 Å². The number of benzene rings is 1. The molecule has 0 atom stereocenters. The highest BCUT2D eigenvalue weighted by molar-refractivity contribution is 5.86. The lowest BCUT2D eigenvalue weighted by Gasteiger charge is -1.99. The fourth-order valence-electron chi connectivity index (χ4n) is 1.36. The smallest absolute Gasteiger partial charge is 0.360 e. The molecular weight excluding hydrogens is 218 g/mol. The summed E-state index contributed by atoms with van der Waals surface area (Å²) in [5.41, 5.74) is 2.19. The molecule has 0 spiro atoms. The zero-order chi connectivity index (χ0) is 12.3. The number of hydrogen-bond donors (Lipinski definition) is 0. The van der Waals surface area contributed by atoms with Gasteiger partial charge in [-0.3, -0.25) is 0 Å². The van der Waals surface area contributed by atoms with E-state index in [9.17, 15) is 4.79 Å². The number of aryl methyl sites for hydroxylation is 1. The molecule has 0 amide bonds. The summed E-state index contributed by atoms with van der Waals surface area (Å²) in [4.78, 5) is 12.8. The lowest BCUT2D eigenvalue weighted by atomic mass is 10.2. The van der Waals surface area contributed by atoms with Crippen LogP contribution in [0.3, 0.4) is 0 Å². The quantitative estimate of drug-likeness (QED) is 0.755. The minimum absolute atomic E-state index is 0.215. The molecule has 0 N–H and O–H groups in total. The fourth-order valence-corrected chi connectivity index (χ4v) is 1.36. The number of ether oxygens (including phenoxy) is 1. The Morgan fingerprint density at radius 3 is 2.71 bits per heavy atom. The third-order valence-corrected chi connectivity index (χ3v) is 2.24. The molecule has 1 aromatic carbocycles. The molecule has 0 unspecified atom stereocenters. The lowest BCUT2D eigenvalue weighted by molar-refractivity contribution is 0.0519. The maximum absolute atomic E-state index is 11.4. The standard InChI is InChI=1S/C12H13N3O2/c1-3-17-12(16)11-8-13-15(14-11)10-6-4-9(2)5-7-10/h4-8H,3H2,1-2H3. The minimum Gasteiger partial charge on any atom is -0.461 e. The van der Waals surface area contributed by atoms with Gasteiger partial charge in [-0.2, -0.15) is 9.90 Å². The predicted molar refractivity (Wildman–Crippen MR) is 62.1 cm³/mol. The van der Waals surface area contributed by atoms with Gasteiger partial charge in [0.05, 0.1) is 18.5 Å². The van der Waals surface area contributed by atoms with Crippen LogP contribution in [0, 0.1) is 6.92 Å². The summed E-state index contributed by atoms with van der Waals surface area (Å²) in [6.07, 6.45) is 1.40. The van der Waals surface area contributed by atoms with Crippen LogP contribution in [-0.4, -0.2) is 27.6 Å². The largest absolute Gasteiger partial charge is 0.461 e. The molecule has 0 bridgehead atoms. The monoisotopic (exact) mass is 231 g/mol. The van der Waals surface area contributed by atoms with Crippen LogP contribution in [-0.2, 0) is 4.74 Å². The summed E-state index contributed by atoms with van der Waals surface area (Å²) in [7, 11) is 0. The van der Waals surface area contributed by atoms with Crippen LogP contribution in [0.4, 0.5) is 0 Å². The van der Waals surface area contributed by atoms with Crippen LogP contribution in [0.2, 0.25) is 0 Å². The molecule has 0 saturated heterocycles. The molecule has 2 rings (SSSR count). The van der Waals surface area contributed by atoms with E-state index in [2.05, 4.69) is 10.2 Å². The highest BCUT2D eigenvalue weighted by Gasteiger charge is 2.11. The van der Waals surface area contributed by atoms with E-state index in [0.29, 0.717) is 6.61 Å². The SMILES string of the molecule is CCOC(=O)c1cnn(-c2ccc(C)cc2)n1. The Bertz CT molecular complexity index is 517. The van der Waals surface area contributed by atoms with Crippen molar-refractivity contribution >= 4 is 5.97 Å². The second kappa shape index (κ2) is 4.78. The van der Waals surface area contributed by atoms with Crippen LogP contribution in [0.1, 0.15) is 23.0 Å². The van der Waals surface area contributed by atoms with E-state index in [4.69, 9.17) is 4.74 Å². The summed E-state index contributed by atoms with van der Waals surface area (Å²) in [5.74, 6) is -0.453. The van der Waals surface area contributed by atoms with Crippen LogP contribution < -0.4 is 0 Å². The Kier molecular flexibility index (Phi) is 3.18. The summed E-state index contributed by atoms with van der Waals surface area (Å²) >= 11 is 0. The molecule has 1 heterocycles. The zero-order valence-corrected chi connectivity index (χ0v) is 9.75. The lowest BCUT2D eigenvalue weighted by Crippen LogP contribution is -2.06. The third kappa shape index (κ3) is 2.50. The molecule has 88 valence electrons. The highest BCUT2D eigenvalue weighted by Crippen LogP contribution is 2.07. The summed E-state index contributed by atoms with van der Waals surface area (Å²) < 4.78 is 4.84. The number of carbonyl (C=O) groups excluding carboxylic acids is 1. The van der Waals surface area contributed by atoms with E-state index in [1.54, 1.807) is 6.92 Å². The molecule has 0 aliphatic heterocycles. The number of esters is 1. The van der Waals surface area contributed by atoms with Gasteiger partial charge in [-0.1, -0.05) is 17.7 Å². The summed E-state index contributed by atoms with van der Waals surface area (Å²) in [5, 5.41) is 8.08. The first kappa shape index (κ1) is 11.3. The first-order valence-electron chi connectivity index (χ1n) is 5.37. The number of rotatable bonds is 3. The summed E-state index contributed by atoms with van der Waals surface area (Å²) in [6.45, 7) is 4.09. The second-order valence-corrected chi connectivity index (χ2v) is 3.58. The first-order chi connectivity index (χ1) is 8.20. The topological polar surface area (TPSA) is 57.0 Å². The van der Waals surface area contributed by atoms with Gasteiger partial charge in [-0.15, -0.1) is 5.10 Å². The molecule has 5 heteroatoms. The van der Waals surface area contributed by atoms with Crippen molar-refractivity contribution in [3.63, 3.8) is 0 Å². The van der Waals surface area contributed by atoms with E-state index in [1.165, 1.54) is 11.0 Å². The van der Waals surface area contributed by atoms with Crippen LogP contribution in [0.15, 0.2) is 30.5 Å². The van der Waals surface area contributed by atoms with Crippen molar-refractivity contribution in [2.24, 2.45) is 0 Å². The molecule has 2 aromatic rings. The van der Waals surface area contributed by atoms with Crippen molar-refractivity contribution in [3.8, 4) is 5.69 Å². The molecule has 5 nitrogen and oxygen atoms in total. The Labute approximate surface area is 99.0 Å². The van der Waals surface area contributed by atoms with Crippen molar-refractivity contribution < 1.29 is 9.53 Å². The Balaban J connectivity index is 2.23. The van der Waals surface area contributed by atoms with Crippen LogP contribution in [0.5, 0.6) is 0 Å². The van der Waals surface area contributed by atoms with Gasteiger partial charge in [-0.05, 0) is 26.0 Å². The minimum atomic E-state index is -0.453. The van der Waals surface area contributed by atoms with Crippen molar-refractivity contribution in [2.75, 3.05) is 6.61 Å². The van der Waals surface area contributed by atoms with E-state index in [1.807, 2.05) is 31.2 Å². The molecule has 1 aromatic heterocycles. The van der Waals surface area contributed by atoms with E-state index < -0.39 is 5.97 Å². The van der Waals surface area contributed by atoms with Crippen molar-refractivity contribution in [3.05, 3.63) is 41.7 Å². The average Bonchev–Trinajstić information content (AvgIpc) is 2.80. The van der Waals surface area contributed by atoms with Gasteiger partial charge in [-0.25, -0.2) is 4.79 Å². The van der Waals surface area contributed by atoms with Gasteiger partial charge in [0.2, 0.25) is 0 Å². The van der Waals surface area contributed by atoms with Crippen molar-refractivity contribution in [2.45, 2.75) is 13.8 Å². The molecule has 0 fully saturated rings. The Hall–Kier alpha value is -2.17. The molecule has 0 saturated carbocycles. The van der Waals surface area contributed by atoms with E-state index in [0.717, 1.165) is 11.3 Å². The highest BCUT2D eigenvalue weighted by atomic mass is 16.5. The van der Waals surface area contributed by atoms with Crippen molar-refractivity contribution in [1.29, 1.82) is 0 Å². The van der Waals surface area contributed by atoms with Crippen LogP contribution >= 0.6 is 0 Å². The Morgan fingerprint density at radius 1 is 1.35 bits per heavy atom. The number of carbonyl (C=O) groups is 1. The first-order valence-corrected chi connectivity index (χ1v) is 5.37. The van der Waals surface area contributed by atoms with E-state index >= 15 is 0 Å². The van der Waals surface area contributed by atoms with Gasteiger partial charge < -0.3 is 4.74 Å². The van der Waals surface area contributed by atoms with Crippen molar-refractivity contribution in [1.82, 2.24) is 15.0 Å². The second-order valence-electron chi connectivity index (χ2n) is 3.58. The molecular formula is C12H13N3O2. The van der Waals surface area contributed by atoms with Gasteiger partial charge in [0.25, 0.3) is 0 Å². The molecule has 0 aliphatic carbocycles. The van der Waals surface area contributed by atoms with E-state index in [-0.39, 0.29) is 5.69 Å². The molecule has 0 radical (unpaired) electrons. The molecule has 17 heavy (non-hydrogen) atoms. The maximum atomic E-state index is 11.4. The fraction of sp³-hybridized carbons (Fsp3) is 0.250. The third-order valence-electron chi connectivity index (χ3n) is 2.24. The number of aromatic nitrogens is 3. The van der Waals surface area contributed by atoms with Gasteiger partial charge >= 0.3 is 5.97 Å². The van der Waals surface area contributed by atoms with Gasteiger partial charge in [0.15, 0.2) is 5.69 Å². The predicted octanol–water partition coefficient (Wildman–Crippen LogP) is 1.75. The zero-order valence-electron chi connectivity index (χ0n) is 9.75. The Morgan fingerprint density at radius 2 is 2.06 bits per heavy atom. The normalized spacial score (nSPS) is 10.2. The summed E-state index contributed by atoms with van der Waals surface area (Å²) in [6, 6.07) is 7.71. The maximum Gasteiger partial charge on any atom is 0.360 e. The number of hydrogen-bond acceptors (Lipinski definition) is 4. The average molecular weight is 231 g/mol.